The van der Waals surface area contributed by atoms with Crippen molar-refractivity contribution >= 4 is 0 Å². The summed E-state index contributed by atoms with van der Waals surface area (Å²) in [4.78, 5) is 0. The molecule has 13 heavy (non-hydrogen) atoms. The van der Waals surface area contributed by atoms with E-state index in [1.807, 2.05) is 0 Å². The summed E-state index contributed by atoms with van der Waals surface area (Å²) in [6, 6.07) is 9.08. The van der Waals surface area contributed by atoms with Gasteiger partial charge in [0.1, 0.15) is 0 Å². The molecule has 1 nitrogen and oxygen atoms in total. The highest BCUT2D eigenvalue weighted by Crippen LogP contribution is 2.56. The SMILES string of the molecule is Cc1ccc([C@]23CNC[C@@H]2C3)cc1. The highest BCUT2D eigenvalue weighted by molar-refractivity contribution is 5.38. The largest absolute Gasteiger partial charge is 0.316 e. The van der Waals surface area contributed by atoms with Gasteiger partial charge in [-0.05, 0) is 31.4 Å². The van der Waals surface area contributed by atoms with Crippen LogP contribution in [0.3, 0.4) is 0 Å². The van der Waals surface area contributed by atoms with Crippen LogP contribution in [0.1, 0.15) is 17.5 Å². The maximum Gasteiger partial charge on any atom is 0.0122 e. The van der Waals surface area contributed by atoms with Gasteiger partial charge >= 0.3 is 0 Å². The van der Waals surface area contributed by atoms with Crippen molar-refractivity contribution in [2.75, 3.05) is 13.1 Å². The molecule has 1 heteroatoms. The summed E-state index contributed by atoms with van der Waals surface area (Å²) in [6.45, 7) is 4.58. The van der Waals surface area contributed by atoms with Crippen LogP contribution in [-0.4, -0.2) is 13.1 Å². The molecule has 1 N–H and O–H groups in total. The van der Waals surface area contributed by atoms with Crippen LogP contribution in [-0.2, 0) is 5.41 Å². The minimum atomic E-state index is 0.535. The summed E-state index contributed by atoms with van der Waals surface area (Å²) in [7, 11) is 0. The number of aryl methyl sites for hydroxylation is 1. The first-order valence-electron chi connectivity index (χ1n) is 5.09. The van der Waals surface area contributed by atoms with Gasteiger partial charge < -0.3 is 5.32 Å². The lowest BCUT2D eigenvalue weighted by Gasteiger charge is -2.11. The van der Waals surface area contributed by atoms with Gasteiger partial charge in [-0.3, -0.25) is 0 Å². The van der Waals surface area contributed by atoms with E-state index in [0.717, 1.165) is 5.92 Å². The highest BCUT2D eigenvalue weighted by Gasteiger charge is 2.57. The Morgan fingerprint density at radius 1 is 1.31 bits per heavy atom. The first kappa shape index (κ1) is 7.57. The summed E-state index contributed by atoms with van der Waals surface area (Å²) < 4.78 is 0. The lowest BCUT2D eigenvalue weighted by atomic mass is 9.94. The third-order valence-electron chi connectivity index (χ3n) is 3.69. The number of piperidine rings is 1. The number of hydrogen-bond donors (Lipinski definition) is 1. The van der Waals surface area contributed by atoms with E-state index < -0.39 is 0 Å². The Morgan fingerprint density at radius 2 is 2.08 bits per heavy atom. The molecule has 3 rings (SSSR count). The lowest BCUT2D eigenvalue weighted by molar-refractivity contribution is 0.675. The Balaban J connectivity index is 1.97. The van der Waals surface area contributed by atoms with E-state index in [-0.39, 0.29) is 0 Å². The van der Waals surface area contributed by atoms with Crippen LogP contribution in [0.25, 0.3) is 0 Å². The molecular weight excluding hydrogens is 158 g/mol. The standard InChI is InChI=1S/C12H15N/c1-9-2-4-10(5-3-9)12-6-11(12)7-13-8-12/h2-5,11,13H,6-8H2,1H3/t11-,12-/m0/s1. The zero-order valence-corrected chi connectivity index (χ0v) is 8.01. The smallest absolute Gasteiger partial charge is 0.0122 e. The zero-order chi connectivity index (χ0) is 8.89. The second-order valence-electron chi connectivity index (χ2n) is 4.55. The van der Waals surface area contributed by atoms with Crippen molar-refractivity contribution in [3.05, 3.63) is 35.4 Å². The number of hydrogen-bond acceptors (Lipinski definition) is 1. The minimum absolute atomic E-state index is 0.535. The van der Waals surface area contributed by atoms with Crippen molar-refractivity contribution in [1.82, 2.24) is 5.32 Å². The van der Waals surface area contributed by atoms with Crippen LogP contribution in [0.5, 0.6) is 0 Å². The maximum absolute atomic E-state index is 3.48. The van der Waals surface area contributed by atoms with E-state index in [1.165, 1.54) is 25.1 Å². The van der Waals surface area contributed by atoms with Gasteiger partial charge in [-0.15, -0.1) is 0 Å². The van der Waals surface area contributed by atoms with Crippen molar-refractivity contribution in [3.63, 3.8) is 0 Å². The van der Waals surface area contributed by atoms with Crippen LogP contribution < -0.4 is 5.32 Å². The second-order valence-corrected chi connectivity index (χ2v) is 4.55. The average Bonchev–Trinajstić information content (AvgIpc) is 2.71. The molecule has 0 spiro atoms. The number of fused-ring (bicyclic) bond motifs is 1. The molecule has 2 fully saturated rings. The number of rotatable bonds is 1. The van der Waals surface area contributed by atoms with Crippen molar-refractivity contribution in [1.29, 1.82) is 0 Å². The molecule has 0 bridgehead atoms. The third kappa shape index (κ3) is 0.969. The van der Waals surface area contributed by atoms with E-state index in [4.69, 9.17) is 0 Å². The van der Waals surface area contributed by atoms with E-state index in [1.54, 1.807) is 5.56 Å². The third-order valence-corrected chi connectivity index (χ3v) is 3.69. The fourth-order valence-electron chi connectivity index (χ4n) is 2.68. The van der Waals surface area contributed by atoms with Gasteiger partial charge in [0.05, 0.1) is 0 Å². The quantitative estimate of drug-likeness (QED) is 0.683. The topological polar surface area (TPSA) is 12.0 Å². The first-order chi connectivity index (χ1) is 6.31. The fraction of sp³-hybridized carbons (Fsp3) is 0.500. The summed E-state index contributed by atoms with van der Waals surface area (Å²) in [5.74, 6) is 0.926. The Morgan fingerprint density at radius 3 is 2.62 bits per heavy atom. The molecule has 1 aromatic carbocycles. The molecule has 1 saturated heterocycles. The van der Waals surface area contributed by atoms with Crippen LogP contribution in [0.2, 0.25) is 0 Å². The molecule has 0 amide bonds. The molecule has 0 radical (unpaired) electrons. The lowest BCUT2D eigenvalue weighted by Crippen LogP contribution is -2.19. The van der Waals surface area contributed by atoms with Gasteiger partial charge in [0.2, 0.25) is 0 Å². The van der Waals surface area contributed by atoms with E-state index in [0.29, 0.717) is 5.41 Å². The Labute approximate surface area is 79.2 Å². The Kier molecular flexibility index (Phi) is 1.37. The molecule has 1 heterocycles. The van der Waals surface area contributed by atoms with Crippen molar-refractivity contribution in [2.45, 2.75) is 18.8 Å². The molecule has 1 saturated carbocycles. The van der Waals surface area contributed by atoms with Crippen LogP contribution in [0.15, 0.2) is 24.3 Å². The summed E-state index contributed by atoms with van der Waals surface area (Å²) in [5, 5.41) is 3.48. The molecule has 2 aliphatic rings. The average molecular weight is 173 g/mol. The Hall–Kier alpha value is -0.820. The van der Waals surface area contributed by atoms with Gasteiger partial charge in [0, 0.05) is 12.0 Å². The van der Waals surface area contributed by atoms with Gasteiger partial charge in [0.25, 0.3) is 0 Å². The first-order valence-corrected chi connectivity index (χ1v) is 5.09. The van der Waals surface area contributed by atoms with Crippen molar-refractivity contribution in [3.8, 4) is 0 Å². The molecular formula is C12H15N. The van der Waals surface area contributed by atoms with E-state index >= 15 is 0 Å². The summed E-state index contributed by atoms with van der Waals surface area (Å²) >= 11 is 0. The molecule has 1 aliphatic carbocycles. The predicted octanol–water partition coefficient (Wildman–Crippen LogP) is 1.86. The van der Waals surface area contributed by atoms with Crippen molar-refractivity contribution < 1.29 is 0 Å². The fourth-order valence-corrected chi connectivity index (χ4v) is 2.68. The van der Waals surface area contributed by atoms with Gasteiger partial charge in [-0.25, -0.2) is 0 Å². The highest BCUT2D eigenvalue weighted by atomic mass is 15.0. The molecule has 2 atom stereocenters. The van der Waals surface area contributed by atoms with Crippen LogP contribution in [0.4, 0.5) is 0 Å². The molecule has 1 aromatic rings. The molecule has 68 valence electrons. The maximum atomic E-state index is 3.48. The van der Waals surface area contributed by atoms with E-state index in [2.05, 4.69) is 36.5 Å². The van der Waals surface area contributed by atoms with Crippen molar-refractivity contribution in [2.24, 2.45) is 5.92 Å². The van der Waals surface area contributed by atoms with Crippen LogP contribution >= 0.6 is 0 Å². The van der Waals surface area contributed by atoms with E-state index in [9.17, 15) is 0 Å². The normalized spacial score (nSPS) is 35.9. The summed E-state index contributed by atoms with van der Waals surface area (Å²) in [5.41, 5.74) is 3.45. The van der Waals surface area contributed by atoms with Gasteiger partial charge in [0.15, 0.2) is 0 Å². The number of benzene rings is 1. The predicted molar refractivity (Wildman–Crippen MR) is 53.8 cm³/mol. The second kappa shape index (κ2) is 2.36. The van der Waals surface area contributed by atoms with Gasteiger partial charge in [-0.2, -0.15) is 0 Å². The molecule has 1 aliphatic heterocycles. The molecule has 0 aromatic heterocycles. The monoisotopic (exact) mass is 173 g/mol. The van der Waals surface area contributed by atoms with Gasteiger partial charge in [-0.1, -0.05) is 29.8 Å². The number of nitrogens with one attached hydrogen (secondary N) is 1. The minimum Gasteiger partial charge on any atom is -0.316 e. The summed E-state index contributed by atoms with van der Waals surface area (Å²) in [6.07, 6.45) is 1.41. The molecule has 0 unspecified atom stereocenters. The zero-order valence-electron chi connectivity index (χ0n) is 8.01. The van der Waals surface area contributed by atoms with Crippen LogP contribution in [0, 0.1) is 12.8 Å². The Bertz CT molecular complexity index is 327.